The van der Waals surface area contributed by atoms with E-state index in [1.165, 1.54) is 27.4 Å². The Hall–Kier alpha value is -2.85. The average Bonchev–Trinajstić information content (AvgIpc) is 3.26. The minimum Gasteiger partial charge on any atom is -0.383 e. The Morgan fingerprint density at radius 2 is 1.79 bits per heavy atom. The molecule has 2 aliphatic rings. The van der Waals surface area contributed by atoms with E-state index in [9.17, 15) is 23.1 Å². The van der Waals surface area contributed by atoms with Crippen LogP contribution in [-0.4, -0.2) is 26.0 Å². The first kappa shape index (κ1) is 22.0. The molecule has 0 bridgehead atoms. The van der Waals surface area contributed by atoms with Crippen LogP contribution >= 0.6 is 11.8 Å². The van der Waals surface area contributed by atoms with Gasteiger partial charge in [-0.25, -0.2) is 4.68 Å². The summed E-state index contributed by atoms with van der Waals surface area (Å²) in [6, 6.07) is 10.5. The third-order valence-electron chi connectivity index (χ3n) is 6.10. The van der Waals surface area contributed by atoms with E-state index in [-0.39, 0.29) is 12.2 Å². The summed E-state index contributed by atoms with van der Waals surface area (Å²) in [6.45, 7) is -0.224. The fourth-order valence-corrected chi connectivity index (χ4v) is 5.43. The van der Waals surface area contributed by atoms with E-state index in [1.54, 1.807) is 18.3 Å². The molecule has 6 nitrogen and oxygen atoms in total. The number of carbonyl (C=O) groups excluding carboxylic acids is 1. The summed E-state index contributed by atoms with van der Waals surface area (Å²) in [7, 11) is 0. The van der Waals surface area contributed by atoms with Gasteiger partial charge in [-0.05, 0) is 43.2 Å². The van der Waals surface area contributed by atoms with Crippen LogP contribution in [0.25, 0.3) is 0 Å². The molecule has 10 heteroatoms. The second-order valence-corrected chi connectivity index (χ2v) is 9.46. The number of carbonyl (C=O) groups is 1. The van der Waals surface area contributed by atoms with Crippen LogP contribution in [0, 0.1) is 0 Å². The molecule has 2 aromatic carbocycles. The molecule has 0 saturated heterocycles. The quantitative estimate of drug-likeness (QED) is 0.559. The van der Waals surface area contributed by atoms with E-state index < -0.39 is 23.2 Å². The van der Waals surface area contributed by atoms with Gasteiger partial charge in [0, 0.05) is 9.79 Å². The molecule has 5 rings (SSSR count). The standard InChI is InChI=1S/C23H21F3N4O2S/c24-23(25,26)15-8-9-19-17(12-15)30(16-6-2-3-7-18(16)33-19)21(31)14-29-13-20(27-28-29)22(32)10-4-1-5-11-22/h2-3,6-9,12-13,32H,1,4-5,10-11,14H2. The number of para-hydroxylation sites is 1. The van der Waals surface area contributed by atoms with Gasteiger partial charge in [-0.1, -0.05) is 48.4 Å². The Balaban J connectivity index is 1.48. The fourth-order valence-electron chi connectivity index (χ4n) is 4.39. The molecule has 1 aliphatic heterocycles. The fraction of sp³-hybridized carbons (Fsp3) is 0.348. The number of nitrogens with zero attached hydrogens (tertiary/aromatic N) is 4. The molecule has 33 heavy (non-hydrogen) atoms. The summed E-state index contributed by atoms with van der Waals surface area (Å²) in [4.78, 5) is 16.0. The van der Waals surface area contributed by atoms with Crippen molar-refractivity contribution in [3.63, 3.8) is 0 Å². The molecule has 2 heterocycles. The number of aliphatic hydroxyl groups is 1. The van der Waals surface area contributed by atoms with Crippen molar-refractivity contribution in [2.24, 2.45) is 0 Å². The van der Waals surface area contributed by atoms with Crippen LogP contribution in [0.4, 0.5) is 24.5 Å². The molecule has 1 fully saturated rings. The molecule has 1 N–H and O–H groups in total. The Morgan fingerprint density at radius 3 is 2.55 bits per heavy atom. The van der Waals surface area contributed by atoms with Crippen LogP contribution in [0.15, 0.2) is 58.5 Å². The minimum absolute atomic E-state index is 0.185. The highest BCUT2D eigenvalue weighted by Gasteiger charge is 2.36. The van der Waals surface area contributed by atoms with Crippen molar-refractivity contribution in [3.8, 4) is 0 Å². The van der Waals surface area contributed by atoms with Crippen molar-refractivity contribution in [3.05, 3.63) is 59.9 Å². The number of anilines is 2. The molecule has 0 radical (unpaired) electrons. The second kappa shape index (κ2) is 8.18. The normalized spacial score (nSPS) is 17.4. The molecule has 0 unspecified atom stereocenters. The van der Waals surface area contributed by atoms with E-state index in [0.717, 1.165) is 36.3 Å². The average molecular weight is 475 g/mol. The number of amides is 1. The minimum atomic E-state index is -4.53. The monoisotopic (exact) mass is 474 g/mol. The maximum atomic E-state index is 13.4. The first-order valence-electron chi connectivity index (χ1n) is 10.7. The van der Waals surface area contributed by atoms with Crippen molar-refractivity contribution in [1.82, 2.24) is 15.0 Å². The van der Waals surface area contributed by atoms with Crippen LogP contribution in [0.1, 0.15) is 43.4 Å². The number of alkyl halides is 3. The van der Waals surface area contributed by atoms with Crippen molar-refractivity contribution < 1.29 is 23.1 Å². The molecule has 1 aromatic heterocycles. The lowest BCUT2D eigenvalue weighted by molar-refractivity contribution is -0.137. The van der Waals surface area contributed by atoms with Gasteiger partial charge in [-0.2, -0.15) is 13.2 Å². The number of aromatic nitrogens is 3. The summed E-state index contributed by atoms with van der Waals surface area (Å²) < 4.78 is 41.5. The molecule has 1 aliphatic carbocycles. The maximum absolute atomic E-state index is 13.4. The highest BCUT2D eigenvalue weighted by molar-refractivity contribution is 7.99. The summed E-state index contributed by atoms with van der Waals surface area (Å²) in [5.74, 6) is -0.449. The first-order valence-corrected chi connectivity index (χ1v) is 11.5. The Kier molecular flexibility index (Phi) is 5.44. The smallest absolute Gasteiger partial charge is 0.383 e. The lowest BCUT2D eigenvalue weighted by Gasteiger charge is -2.31. The van der Waals surface area contributed by atoms with Gasteiger partial charge in [0.1, 0.15) is 17.8 Å². The number of hydrogen-bond donors (Lipinski definition) is 1. The molecule has 1 saturated carbocycles. The largest absolute Gasteiger partial charge is 0.416 e. The summed E-state index contributed by atoms with van der Waals surface area (Å²) in [5, 5.41) is 19.0. The number of halogens is 3. The van der Waals surface area contributed by atoms with Gasteiger partial charge in [-0.15, -0.1) is 5.10 Å². The number of benzene rings is 2. The lowest BCUT2D eigenvalue weighted by atomic mass is 9.83. The zero-order valence-corrected chi connectivity index (χ0v) is 18.4. The van der Waals surface area contributed by atoms with E-state index in [4.69, 9.17) is 0 Å². The van der Waals surface area contributed by atoms with Crippen LogP contribution in [0.3, 0.4) is 0 Å². The molecule has 1 amide bonds. The second-order valence-electron chi connectivity index (χ2n) is 8.37. The van der Waals surface area contributed by atoms with E-state index in [1.807, 2.05) is 12.1 Å². The summed E-state index contributed by atoms with van der Waals surface area (Å²) >= 11 is 1.32. The predicted octanol–water partition coefficient (Wildman–Crippen LogP) is 5.28. The Bertz CT molecular complexity index is 1200. The SMILES string of the molecule is O=C(Cn1cc(C2(O)CCCCC2)nn1)N1c2ccccc2Sc2ccc(C(F)(F)F)cc21. The maximum Gasteiger partial charge on any atom is 0.416 e. The third-order valence-corrected chi connectivity index (χ3v) is 7.23. The van der Waals surface area contributed by atoms with Crippen LogP contribution in [-0.2, 0) is 23.1 Å². The third kappa shape index (κ3) is 4.13. The van der Waals surface area contributed by atoms with Gasteiger partial charge in [0.05, 0.1) is 23.1 Å². The van der Waals surface area contributed by atoms with Crippen molar-refractivity contribution in [2.75, 3.05) is 4.90 Å². The van der Waals surface area contributed by atoms with Gasteiger partial charge in [0.2, 0.25) is 0 Å². The zero-order chi connectivity index (χ0) is 23.2. The van der Waals surface area contributed by atoms with Crippen LogP contribution in [0.5, 0.6) is 0 Å². The lowest BCUT2D eigenvalue weighted by Crippen LogP contribution is -2.32. The Morgan fingerprint density at radius 1 is 1.06 bits per heavy atom. The predicted molar refractivity (Wildman–Crippen MR) is 116 cm³/mol. The van der Waals surface area contributed by atoms with Crippen LogP contribution in [0.2, 0.25) is 0 Å². The van der Waals surface area contributed by atoms with Gasteiger partial charge in [-0.3, -0.25) is 9.69 Å². The topological polar surface area (TPSA) is 71.2 Å². The zero-order valence-electron chi connectivity index (χ0n) is 17.5. The first-order chi connectivity index (χ1) is 15.7. The number of fused-ring (bicyclic) bond motifs is 2. The number of hydrogen-bond acceptors (Lipinski definition) is 5. The Labute approximate surface area is 192 Å². The van der Waals surface area contributed by atoms with E-state index in [2.05, 4.69) is 10.3 Å². The summed E-state index contributed by atoms with van der Waals surface area (Å²) in [5.41, 5.74) is -0.747. The van der Waals surface area contributed by atoms with E-state index >= 15 is 0 Å². The highest BCUT2D eigenvalue weighted by atomic mass is 32.2. The molecular formula is C23H21F3N4O2S. The van der Waals surface area contributed by atoms with Crippen molar-refractivity contribution >= 4 is 29.0 Å². The molecular weight excluding hydrogens is 453 g/mol. The summed E-state index contributed by atoms with van der Waals surface area (Å²) in [6.07, 6.45) is 1.04. The van der Waals surface area contributed by atoms with E-state index in [0.29, 0.717) is 29.1 Å². The highest BCUT2D eigenvalue weighted by Crippen LogP contribution is 2.49. The van der Waals surface area contributed by atoms with Gasteiger partial charge in [0.15, 0.2) is 0 Å². The van der Waals surface area contributed by atoms with Gasteiger partial charge < -0.3 is 5.11 Å². The van der Waals surface area contributed by atoms with Gasteiger partial charge >= 0.3 is 6.18 Å². The van der Waals surface area contributed by atoms with Gasteiger partial charge in [0.25, 0.3) is 5.91 Å². The molecule has 3 aromatic rings. The number of rotatable bonds is 3. The molecule has 0 atom stereocenters. The molecule has 0 spiro atoms. The van der Waals surface area contributed by atoms with Crippen molar-refractivity contribution in [2.45, 2.75) is 60.2 Å². The van der Waals surface area contributed by atoms with Crippen molar-refractivity contribution in [1.29, 1.82) is 0 Å². The van der Waals surface area contributed by atoms with Crippen LogP contribution < -0.4 is 4.90 Å². The molecule has 172 valence electrons.